The summed E-state index contributed by atoms with van der Waals surface area (Å²) in [4.78, 5) is 0. The Kier molecular flexibility index (Phi) is 2.55. The molecule has 74 valence electrons. The molecule has 2 heteroatoms. The maximum Gasteiger partial charge on any atom is 0.129 e. The summed E-state index contributed by atoms with van der Waals surface area (Å²) < 4.78 is 10.9. The van der Waals surface area contributed by atoms with E-state index < -0.39 is 0 Å². The van der Waals surface area contributed by atoms with Gasteiger partial charge in [0.05, 0.1) is 12.9 Å². The number of benzene rings is 1. The van der Waals surface area contributed by atoms with E-state index in [-0.39, 0.29) is 5.60 Å². The summed E-state index contributed by atoms with van der Waals surface area (Å²) in [7, 11) is 0. The van der Waals surface area contributed by atoms with E-state index in [1.165, 1.54) is 11.8 Å². The molecule has 1 heterocycles. The Hall–Kier alpha value is -1.28. The zero-order chi connectivity index (χ0) is 9.86. The lowest BCUT2D eigenvalue weighted by Crippen LogP contribution is -2.44. The van der Waals surface area contributed by atoms with E-state index in [1.807, 2.05) is 18.2 Å². The average molecular weight is 190 g/mol. The van der Waals surface area contributed by atoms with Gasteiger partial charge in [-0.3, -0.25) is 0 Å². The van der Waals surface area contributed by atoms with Crippen molar-refractivity contribution in [2.75, 3.05) is 13.2 Å². The molecule has 0 aromatic heterocycles. The van der Waals surface area contributed by atoms with E-state index >= 15 is 0 Å². The van der Waals surface area contributed by atoms with Crippen LogP contribution in [0.1, 0.15) is 12.0 Å². The number of hydrogen-bond acceptors (Lipinski definition) is 2. The molecule has 0 radical (unpaired) electrons. The Morgan fingerprint density at radius 2 is 2.14 bits per heavy atom. The van der Waals surface area contributed by atoms with Crippen LogP contribution in [0.25, 0.3) is 0 Å². The molecule has 2 nitrogen and oxygen atoms in total. The second kappa shape index (κ2) is 3.84. The zero-order valence-electron chi connectivity index (χ0n) is 8.11. The van der Waals surface area contributed by atoms with E-state index in [1.54, 1.807) is 0 Å². The lowest BCUT2D eigenvalue weighted by atomic mass is 9.87. The topological polar surface area (TPSA) is 18.5 Å². The zero-order valence-corrected chi connectivity index (χ0v) is 8.11. The van der Waals surface area contributed by atoms with Gasteiger partial charge in [0.25, 0.3) is 0 Å². The normalized spacial score (nSPS) is 25.1. The molecular formula is C12H14O2. The molecular weight excluding hydrogens is 176 g/mol. The van der Waals surface area contributed by atoms with Crippen molar-refractivity contribution in [1.29, 1.82) is 0 Å². The van der Waals surface area contributed by atoms with E-state index in [0.29, 0.717) is 6.61 Å². The van der Waals surface area contributed by atoms with Crippen molar-refractivity contribution in [3.63, 3.8) is 0 Å². The summed E-state index contributed by atoms with van der Waals surface area (Å²) in [6.07, 6.45) is 2.48. The Labute approximate surface area is 84.2 Å². The molecule has 0 bridgehead atoms. The van der Waals surface area contributed by atoms with Crippen LogP contribution in [-0.4, -0.2) is 13.2 Å². The van der Waals surface area contributed by atoms with Crippen LogP contribution in [0.3, 0.4) is 0 Å². The first-order chi connectivity index (χ1) is 6.87. The van der Waals surface area contributed by atoms with Gasteiger partial charge in [0.2, 0.25) is 0 Å². The maximum atomic E-state index is 5.63. The molecule has 0 aliphatic carbocycles. The highest BCUT2D eigenvalue weighted by Gasteiger charge is 2.40. The fraction of sp³-hybridized carbons (Fsp3) is 0.333. The van der Waals surface area contributed by atoms with Gasteiger partial charge in [-0.15, -0.1) is 0 Å². The van der Waals surface area contributed by atoms with Gasteiger partial charge in [-0.25, -0.2) is 0 Å². The molecule has 1 saturated heterocycles. The minimum atomic E-state index is -0.227. The molecule has 1 unspecified atom stereocenters. The molecule has 2 rings (SSSR count). The van der Waals surface area contributed by atoms with Gasteiger partial charge in [-0.05, 0) is 5.56 Å². The Morgan fingerprint density at radius 1 is 1.43 bits per heavy atom. The first kappa shape index (κ1) is 9.28. The second-order valence-corrected chi connectivity index (χ2v) is 3.44. The van der Waals surface area contributed by atoms with Crippen molar-refractivity contribution in [2.45, 2.75) is 12.0 Å². The fourth-order valence-electron chi connectivity index (χ4n) is 1.71. The highest BCUT2D eigenvalue weighted by atomic mass is 16.6. The minimum absolute atomic E-state index is 0.227. The third-order valence-electron chi connectivity index (χ3n) is 2.62. The lowest BCUT2D eigenvalue weighted by molar-refractivity contribution is -0.178. The van der Waals surface area contributed by atoms with E-state index in [4.69, 9.17) is 9.47 Å². The van der Waals surface area contributed by atoms with Crippen molar-refractivity contribution in [1.82, 2.24) is 0 Å². The predicted octanol–water partition coefficient (Wildman–Crippen LogP) is 2.46. The molecule has 14 heavy (non-hydrogen) atoms. The number of ether oxygens (including phenoxy) is 2. The second-order valence-electron chi connectivity index (χ2n) is 3.44. The molecule has 0 spiro atoms. The van der Waals surface area contributed by atoms with Gasteiger partial charge >= 0.3 is 0 Å². The van der Waals surface area contributed by atoms with Gasteiger partial charge in [-0.1, -0.05) is 36.9 Å². The molecule has 0 N–H and O–H groups in total. The first-order valence-corrected chi connectivity index (χ1v) is 4.79. The van der Waals surface area contributed by atoms with Crippen molar-refractivity contribution in [3.8, 4) is 0 Å². The van der Waals surface area contributed by atoms with Crippen molar-refractivity contribution in [3.05, 3.63) is 48.7 Å². The van der Waals surface area contributed by atoms with Crippen molar-refractivity contribution >= 4 is 0 Å². The predicted molar refractivity (Wildman–Crippen MR) is 54.8 cm³/mol. The molecule has 1 atom stereocenters. The summed E-state index contributed by atoms with van der Waals surface area (Å²) in [5.74, 6) is 0. The van der Waals surface area contributed by atoms with E-state index in [0.717, 1.165) is 13.0 Å². The third-order valence-corrected chi connectivity index (χ3v) is 2.62. The third kappa shape index (κ3) is 1.53. The molecule has 1 aromatic rings. The number of hydrogen-bond donors (Lipinski definition) is 0. The van der Waals surface area contributed by atoms with Crippen molar-refractivity contribution < 1.29 is 9.47 Å². The van der Waals surface area contributed by atoms with Crippen LogP contribution in [0, 0.1) is 0 Å². The molecule has 1 fully saturated rings. The van der Waals surface area contributed by atoms with Crippen molar-refractivity contribution in [2.24, 2.45) is 0 Å². The van der Waals surface area contributed by atoms with Gasteiger partial charge in [0.15, 0.2) is 0 Å². The molecule has 0 amide bonds. The molecule has 0 saturated carbocycles. The van der Waals surface area contributed by atoms with Crippen LogP contribution in [0.15, 0.2) is 43.2 Å². The smallest absolute Gasteiger partial charge is 0.129 e. The standard InChI is InChI=1S/C12H14O2/c1-2-13-10-12(8-9-14-12)11-6-4-3-5-7-11/h2-7H,1,8-10H2. The summed E-state index contributed by atoms with van der Waals surface area (Å²) in [5.41, 5.74) is 0.961. The Morgan fingerprint density at radius 3 is 2.64 bits per heavy atom. The fourth-order valence-corrected chi connectivity index (χ4v) is 1.71. The number of rotatable bonds is 4. The SMILES string of the molecule is C=COCC1(c2ccccc2)CCO1. The molecule has 1 aliphatic heterocycles. The molecule has 1 aromatic carbocycles. The van der Waals surface area contributed by atoms with E-state index in [2.05, 4.69) is 18.7 Å². The van der Waals surface area contributed by atoms with Crippen LogP contribution in [0.5, 0.6) is 0 Å². The van der Waals surface area contributed by atoms with E-state index in [9.17, 15) is 0 Å². The maximum absolute atomic E-state index is 5.63. The van der Waals surface area contributed by atoms with Crippen LogP contribution in [-0.2, 0) is 15.1 Å². The summed E-state index contributed by atoms with van der Waals surface area (Å²) >= 11 is 0. The van der Waals surface area contributed by atoms with Gasteiger partial charge in [0, 0.05) is 6.42 Å². The largest absolute Gasteiger partial charge is 0.498 e. The minimum Gasteiger partial charge on any atom is -0.498 e. The van der Waals surface area contributed by atoms with Gasteiger partial charge < -0.3 is 9.47 Å². The monoisotopic (exact) mass is 190 g/mol. The Balaban J connectivity index is 2.16. The first-order valence-electron chi connectivity index (χ1n) is 4.79. The van der Waals surface area contributed by atoms with Crippen LogP contribution >= 0.6 is 0 Å². The highest BCUT2D eigenvalue weighted by Crippen LogP contribution is 2.37. The molecule has 1 aliphatic rings. The van der Waals surface area contributed by atoms with Crippen LogP contribution in [0.4, 0.5) is 0 Å². The summed E-state index contributed by atoms with van der Waals surface area (Å²) in [6.45, 7) is 4.91. The van der Waals surface area contributed by atoms with Crippen LogP contribution in [0.2, 0.25) is 0 Å². The Bertz CT molecular complexity index is 301. The van der Waals surface area contributed by atoms with Gasteiger partial charge in [-0.2, -0.15) is 0 Å². The van der Waals surface area contributed by atoms with Gasteiger partial charge in [0.1, 0.15) is 12.2 Å². The summed E-state index contributed by atoms with van der Waals surface area (Å²) in [5, 5.41) is 0. The summed E-state index contributed by atoms with van der Waals surface area (Å²) in [6, 6.07) is 10.2. The van der Waals surface area contributed by atoms with Crippen LogP contribution < -0.4 is 0 Å². The quantitative estimate of drug-likeness (QED) is 0.679. The highest BCUT2D eigenvalue weighted by molar-refractivity contribution is 5.24. The average Bonchev–Trinajstić information content (AvgIpc) is 2.18. The lowest BCUT2D eigenvalue weighted by Gasteiger charge is -2.41.